The number of rotatable bonds is 6. The van der Waals surface area contributed by atoms with Gasteiger partial charge in [-0.3, -0.25) is 14.5 Å². The summed E-state index contributed by atoms with van der Waals surface area (Å²) in [6.07, 6.45) is 17.3. The minimum Gasteiger partial charge on any atom is -0.340 e. The van der Waals surface area contributed by atoms with Crippen LogP contribution in [0.4, 0.5) is 0 Å². The highest BCUT2D eigenvalue weighted by atomic mass is 16.2. The Kier molecular flexibility index (Phi) is 5.85. The van der Waals surface area contributed by atoms with E-state index in [9.17, 15) is 9.59 Å². The fourth-order valence-electron chi connectivity index (χ4n) is 7.04. The van der Waals surface area contributed by atoms with Gasteiger partial charge in [0.15, 0.2) is 0 Å². The Morgan fingerprint density at radius 3 is 1.55 bits per heavy atom. The van der Waals surface area contributed by atoms with E-state index in [2.05, 4.69) is 70.1 Å². The lowest BCUT2D eigenvalue weighted by Crippen LogP contribution is -2.30. The first-order valence-corrected chi connectivity index (χ1v) is 14.9. The van der Waals surface area contributed by atoms with Crippen LogP contribution in [0.2, 0.25) is 0 Å². The minimum atomic E-state index is -0.235. The van der Waals surface area contributed by atoms with Crippen molar-refractivity contribution in [3.8, 4) is 0 Å². The third-order valence-corrected chi connectivity index (χ3v) is 9.06. The number of nitrogens with zero attached hydrogens (tertiary/aromatic N) is 3. The largest absolute Gasteiger partial charge is 0.340 e. The van der Waals surface area contributed by atoms with Crippen molar-refractivity contribution in [1.29, 1.82) is 0 Å². The average molecular weight is 550 g/mol. The van der Waals surface area contributed by atoms with Crippen molar-refractivity contribution < 1.29 is 9.59 Å². The Hall–Kier alpha value is -4.90. The molecule has 5 heteroatoms. The quantitative estimate of drug-likeness (QED) is 0.160. The molecule has 3 aliphatic rings. The van der Waals surface area contributed by atoms with E-state index < -0.39 is 0 Å². The van der Waals surface area contributed by atoms with Gasteiger partial charge in [0.2, 0.25) is 0 Å². The normalized spacial score (nSPS) is 20.3. The summed E-state index contributed by atoms with van der Waals surface area (Å²) < 4.78 is 4.56. The van der Waals surface area contributed by atoms with Gasteiger partial charge in [0.1, 0.15) is 0 Å². The second-order valence-electron chi connectivity index (χ2n) is 11.5. The number of amides is 2. The van der Waals surface area contributed by atoms with Crippen LogP contribution in [0.1, 0.15) is 54.5 Å². The number of benzene rings is 3. The molecule has 0 fully saturated rings. The number of allylic oxidation sites excluding steroid dienone is 4. The molecular weight excluding hydrogens is 518 g/mol. The highest BCUT2D eigenvalue weighted by molar-refractivity contribution is 6.50. The van der Waals surface area contributed by atoms with Gasteiger partial charge in [-0.25, -0.2) is 0 Å². The molecule has 3 heterocycles. The highest BCUT2D eigenvalue weighted by Gasteiger charge is 2.42. The average Bonchev–Trinajstić information content (AvgIpc) is 3.86. The Bertz CT molecular complexity index is 1850. The number of carbonyl (C=O) groups is 2. The molecule has 0 N–H and O–H groups in total. The van der Waals surface area contributed by atoms with E-state index in [1.807, 2.05) is 54.6 Å². The predicted molar refractivity (Wildman–Crippen MR) is 168 cm³/mol. The maximum Gasteiger partial charge on any atom is 0.262 e. The van der Waals surface area contributed by atoms with Crippen molar-refractivity contribution in [1.82, 2.24) is 14.0 Å². The first-order chi connectivity index (χ1) is 20.7. The molecule has 8 rings (SSSR count). The van der Waals surface area contributed by atoms with Crippen LogP contribution in [0.5, 0.6) is 0 Å². The lowest BCUT2D eigenvalue weighted by Gasteiger charge is -2.15. The van der Waals surface area contributed by atoms with Gasteiger partial charge in [-0.2, -0.15) is 0 Å². The molecule has 2 atom stereocenters. The molecule has 3 aromatic carbocycles. The number of aromatic nitrogens is 2. The summed E-state index contributed by atoms with van der Waals surface area (Å²) in [5.74, 6) is -0.470. The van der Waals surface area contributed by atoms with E-state index in [1.54, 1.807) is 0 Å². The summed E-state index contributed by atoms with van der Waals surface area (Å²) in [6, 6.07) is 26.8. The third kappa shape index (κ3) is 3.84. The van der Waals surface area contributed by atoms with E-state index in [0.717, 1.165) is 64.2 Å². The maximum absolute atomic E-state index is 14.5. The molecule has 0 radical (unpaired) electrons. The van der Waals surface area contributed by atoms with Crippen LogP contribution in [0.25, 0.3) is 33.0 Å². The molecule has 2 aromatic heterocycles. The molecule has 206 valence electrons. The van der Waals surface area contributed by atoms with E-state index in [1.165, 1.54) is 4.90 Å². The molecule has 0 bridgehead atoms. The zero-order chi connectivity index (χ0) is 28.2. The smallest absolute Gasteiger partial charge is 0.262 e. The van der Waals surface area contributed by atoms with Gasteiger partial charge in [0.25, 0.3) is 11.8 Å². The van der Waals surface area contributed by atoms with Crippen LogP contribution in [0.3, 0.4) is 0 Å². The molecular formula is C37H31N3O2. The third-order valence-electron chi connectivity index (χ3n) is 9.06. The first-order valence-electron chi connectivity index (χ1n) is 14.9. The predicted octanol–water partition coefficient (Wildman–Crippen LogP) is 7.86. The Morgan fingerprint density at radius 1 is 0.595 bits per heavy atom. The first kappa shape index (κ1) is 24.9. The van der Waals surface area contributed by atoms with Gasteiger partial charge in [-0.1, -0.05) is 91.0 Å². The number of imide groups is 1. The summed E-state index contributed by atoms with van der Waals surface area (Å²) in [5, 5.41) is 1.99. The van der Waals surface area contributed by atoms with Gasteiger partial charge in [-0.15, -0.1) is 0 Å². The molecule has 42 heavy (non-hydrogen) atoms. The van der Waals surface area contributed by atoms with Gasteiger partial charge in [0.05, 0.1) is 29.8 Å². The number of hydrogen-bond acceptors (Lipinski definition) is 2. The Morgan fingerprint density at radius 2 is 1.07 bits per heavy atom. The van der Waals surface area contributed by atoms with Gasteiger partial charge >= 0.3 is 0 Å². The van der Waals surface area contributed by atoms with E-state index in [4.69, 9.17) is 0 Å². The SMILES string of the molecule is O=C1C(c2cn(C3C=CCC3)c3ccccc23)=C(c2cn(C3C=CCC3)c3ccccc23)C(=O)N1Cc1ccccc1. The molecule has 2 aliphatic carbocycles. The van der Waals surface area contributed by atoms with Crippen LogP contribution in [-0.4, -0.2) is 25.8 Å². The summed E-state index contributed by atoms with van der Waals surface area (Å²) >= 11 is 0. The monoisotopic (exact) mass is 549 g/mol. The van der Waals surface area contributed by atoms with Crippen molar-refractivity contribution in [3.05, 3.63) is 132 Å². The van der Waals surface area contributed by atoms with E-state index >= 15 is 0 Å². The summed E-state index contributed by atoms with van der Waals surface area (Å²) in [5.41, 5.74) is 5.74. The standard InChI is InChI=1S/C37H31N3O2/c41-36-34(30-23-38(26-14-4-5-15-26)32-20-10-8-18-28(30)32)35(37(42)40(36)22-25-12-2-1-3-13-25)31-24-39(27-16-6-7-17-27)33-21-11-9-19-29(31)33/h1-4,6,8-14,16,18-21,23-24,26-27H,5,7,15,17,22H2. The van der Waals surface area contributed by atoms with E-state index in [-0.39, 0.29) is 30.4 Å². The molecule has 2 unspecified atom stereocenters. The lowest BCUT2D eigenvalue weighted by atomic mass is 9.95. The lowest BCUT2D eigenvalue weighted by molar-refractivity contribution is -0.136. The Labute approximate surface area is 244 Å². The van der Waals surface area contributed by atoms with Crippen LogP contribution in [0, 0.1) is 0 Å². The van der Waals surface area contributed by atoms with Crippen LogP contribution in [-0.2, 0) is 16.1 Å². The summed E-state index contributed by atoms with van der Waals surface area (Å²) in [4.78, 5) is 30.4. The van der Waals surface area contributed by atoms with Crippen molar-refractivity contribution in [3.63, 3.8) is 0 Å². The minimum absolute atomic E-state index is 0.233. The van der Waals surface area contributed by atoms with Crippen molar-refractivity contribution in [2.45, 2.75) is 44.3 Å². The van der Waals surface area contributed by atoms with Gasteiger partial charge in [-0.05, 0) is 43.4 Å². The molecule has 2 amide bonds. The van der Waals surface area contributed by atoms with Crippen LogP contribution < -0.4 is 0 Å². The molecule has 5 nitrogen and oxygen atoms in total. The van der Waals surface area contributed by atoms with Crippen molar-refractivity contribution in [2.75, 3.05) is 0 Å². The fourth-order valence-corrected chi connectivity index (χ4v) is 7.04. The summed E-state index contributed by atoms with van der Waals surface area (Å²) in [6.45, 7) is 0.236. The second kappa shape index (κ2) is 9.88. The number of para-hydroxylation sites is 2. The van der Waals surface area contributed by atoms with Gasteiger partial charge in [0, 0.05) is 45.3 Å². The molecule has 1 aliphatic heterocycles. The number of fused-ring (bicyclic) bond motifs is 2. The molecule has 0 saturated carbocycles. The second-order valence-corrected chi connectivity index (χ2v) is 11.5. The van der Waals surface area contributed by atoms with Crippen molar-refractivity contribution in [2.24, 2.45) is 0 Å². The van der Waals surface area contributed by atoms with Crippen LogP contribution in [0.15, 0.2) is 116 Å². The van der Waals surface area contributed by atoms with E-state index in [0.29, 0.717) is 11.1 Å². The summed E-state index contributed by atoms with van der Waals surface area (Å²) in [7, 11) is 0. The Balaban J connectivity index is 1.38. The zero-order valence-electron chi connectivity index (χ0n) is 23.3. The zero-order valence-corrected chi connectivity index (χ0v) is 23.3. The topological polar surface area (TPSA) is 47.2 Å². The van der Waals surface area contributed by atoms with Crippen molar-refractivity contribution >= 4 is 44.8 Å². The molecule has 5 aromatic rings. The highest BCUT2D eigenvalue weighted by Crippen LogP contribution is 2.44. The number of carbonyl (C=O) groups excluding carboxylic acids is 2. The number of hydrogen-bond donors (Lipinski definition) is 0. The van der Waals surface area contributed by atoms with Crippen LogP contribution >= 0.6 is 0 Å². The van der Waals surface area contributed by atoms with Gasteiger partial charge < -0.3 is 9.13 Å². The molecule has 0 spiro atoms. The maximum atomic E-state index is 14.5. The fraction of sp³-hybridized carbons (Fsp3) is 0.189. The molecule has 0 saturated heterocycles.